The van der Waals surface area contributed by atoms with E-state index in [-0.39, 0.29) is 18.6 Å². The molecule has 19 heavy (non-hydrogen) atoms. The number of thiazole rings is 1. The Hall–Kier alpha value is -0.940. The average molecular weight is 282 g/mol. The van der Waals surface area contributed by atoms with Crippen LogP contribution in [0.5, 0.6) is 0 Å². The maximum Gasteiger partial charge on any atom is 0.266 e. The lowest BCUT2D eigenvalue weighted by atomic mass is 10.1. The SMILES string of the molecule is Cc1nc(CC(C)C)sc1C(=O)N1CCC[C@@H]1CO. The molecule has 4 nitrogen and oxygen atoms in total. The number of carbonyl (C=O) groups excluding carboxylic acids is 1. The van der Waals surface area contributed by atoms with Crippen molar-refractivity contribution in [2.45, 2.75) is 46.1 Å². The predicted molar refractivity (Wildman–Crippen MR) is 76.5 cm³/mol. The van der Waals surface area contributed by atoms with Gasteiger partial charge in [-0.1, -0.05) is 13.8 Å². The van der Waals surface area contributed by atoms with Crippen molar-refractivity contribution in [3.63, 3.8) is 0 Å². The summed E-state index contributed by atoms with van der Waals surface area (Å²) in [5.74, 6) is 0.590. The second-order valence-corrected chi connectivity index (χ2v) is 6.68. The number of aryl methyl sites for hydroxylation is 1. The molecular formula is C14H22N2O2S. The summed E-state index contributed by atoms with van der Waals surface area (Å²) >= 11 is 1.51. The number of aliphatic hydroxyl groups excluding tert-OH is 1. The van der Waals surface area contributed by atoms with Gasteiger partial charge in [0.25, 0.3) is 5.91 Å². The zero-order valence-corrected chi connectivity index (χ0v) is 12.7. The van der Waals surface area contributed by atoms with E-state index < -0.39 is 0 Å². The van der Waals surface area contributed by atoms with Crippen molar-refractivity contribution < 1.29 is 9.90 Å². The number of aromatic nitrogens is 1. The Morgan fingerprint density at radius 3 is 2.95 bits per heavy atom. The van der Waals surface area contributed by atoms with Crippen molar-refractivity contribution in [1.82, 2.24) is 9.88 Å². The average Bonchev–Trinajstić information content (AvgIpc) is 2.94. The van der Waals surface area contributed by atoms with Gasteiger partial charge < -0.3 is 10.0 Å². The van der Waals surface area contributed by atoms with Gasteiger partial charge in [0.2, 0.25) is 0 Å². The van der Waals surface area contributed by atoms with Crippen LogP contribution in [0.3, 0.4) is 0 Å². The van der Waals surface area contributed by atoms with Gasteiger partial charge in [-0.15, -0.1) is 11.3 Å². The van der Waals surface area contributed by atoms with Gasteiger partial charge in [-0.25, -0.2) is 4.98 Å². The number of hydrogen-bond donors (Lipinski definition) is 1. The van der Waals surface area contributed by atoms with E-state index in [4.69, 9.17) is 0 Å². The molecule has 1 N–H and O–H groups in total. The van der Waals surface area contributed by atoms with Gasteiger partial charge in [0.1, 0.15) is 4.88 Å². The van der Waals surface area contributed by atoms with E-state index in [1.54, 1.807) is 4.90 Å². The highest BCUT2D eigenvalue weighted by molar-refractivity contribution is 7.13. The maximum atomic E-state index is 12.5. The van der Waals surface area contributed by atoms with Crippen LogP contribution in [0.15, 0.2) is 0 Å². The van der Waals surface area contributed by atoms with Crippen LogP contribution in [0.4, 0.5) is 0 Å². The Morgan fingerprint density at radius 1 is 1.58 bits per heavy atom. The molecule has 106 valence electrons. The van der Waals surface area contributed by atoms with Gasteiger partial charge in [0.15, 0.2) is 0 Å². The van der Waals surface area contributed by atoms with E-state index >= 15 is 0 Å². The van der Waals surface area contributed by atoms with Crippen LogP contribution in [-0.4, -0.2) is 40.1 Å². The molecule has 0 aliphatic carbocycles. The molecule has 0 aromatic carbocycles. The minimum absolute atomic E-state index is 0.0115. The summed E-state index contributed by atoms with van der Waals surface area (Å²) in [4.78, 5) is 19.6. The smallest absolute Gasteiger partial charge is 0.266 e. The Kier molecular flexibility index (Phi) is 4.58. The lowest BCUT2D eigenvalue weighted by Crippen LogP contribution is -2.37. The molecule has 0 spiro atoms. The summed E-state index contributed by atoms with van der Waals surface area (Å²) in [5.41, 5.74) is 0.828. The lowest BCUT2D eigenvalue weighted by Gasteiger charge is -2.22. The fourth-order valence-corrected chi connectivity index (χ4v) is 3.74. The minimum Gasteiger partial charge on any atom is -0.394 e. The Labute approximate surface area is 118 Å². The minimum atomic E-state index is -0.0115. The molecule has 5 heteroatoms. The van der Waals surface area contributed by atoms with E-state index in [2.05, 4.69) is 18.8 Å². The molecule has 1 amide bonds. The molecule has 2 rings (SSSR count). The number of nitrogens with zero attached hydrogens (tertiary/aromatic N) is 2. The standard InChI is InChI=1S/C14H22N2O2S/c1-9(2)7-12-15-10(3)13(19-12)14(18)16-6-4-5-11(16)8-17/h9,11,17H,4-8H2,1-3H3/t11-/m1/s1. The van der Waals surface area contributed by atoms with Crippen molar-refractivity contribution in [2.75, 3.05) is 13.2 Å². The molecule has 2 heterocycles. The molecule has 0 radical (unpaired) electrons. The van der Waals surface area contributed by atoms with E-state index in [1.807, 2.05) is 6.92 Å². The molecule has 1 aliphatic heterocycles. The van der Waals surface area contributed by atoms with E-state index in [0.29, 0.717) is 5.92 Å². The lowest BCUT2D eigenvalue weighted by molar-refractivity contribution is 0.0681. The monoisotopic (exact) mass is 282 g/mol. The van der Waals surface area contributed by atoms with Crippen LogP contribution < -0.4 is 0 Å². The van der Waals surface area contributed by atoms with Crippen LogP contribution in [-0.2, 0) is 6.42 Å². The number of likely N-dealkylation sites (tertiary alicyclic amines) is 1. The predicted octanol–water partition coefficient (Wildman–Crippen LogP) is 2.25. The fourth-order valence-electron chi connectivity index (χ4n) is 2.51. The number of aliphatic hydroxyl groups is 1. The van der Waals surface area contributed by atoms with Gasteiger partial charge in [-0.05, 0) is 25.7 Å². The molecule has 0 unspecified atom stereocenters. The van der Waals surface area contributed by atoms with Crippen LogP contribution in [0.2, 0.25) is 0 Å². The van der Waals surface area contributed by atoms with Crippen LogP contribution in [0.25, 0.3) is 0 Å². The third-order valence-corrected chi connectivity index (χ3v) is 4.63. The number of amides is 1. The molecule has 0 saturated carbocycles. The molecule has 1 aromatic rings. The Balaban J connectivity index is 2.17. The zero-order valence-electron chi connectivity index (χ0n) is 11.8. The van der Waals surface area contributed by atoms with Gasteiger partial charge in [-0.2, -0.15) is 0 Å². The number of hydrogen-bond acceptors (Lipinski definition) is 4. The van der Waals surface area contributed by atoms with Crippen molar-refractivity contribution in [2.24, 2.45) is 5.92 Å². The summed E-state index contributed by atoms with van der Waals surface area (Å²) < 4.78 is 0. The summed E-state index contributed by atoms with van der Waals surface area (Å²) in [6.45, 7) is 7.02. The third kappa shape index (κ3) is 3.15. The summed E-state index contributed by atoms with van der Waals surface area (Å²) in [6, 6.07) is -0.0115. The molecule has 1 aromatic heterocycles. The molecule has 1 saturated heterocycles. The Morgan fingerprint density at radius 2 is 2.32 bits per heavy atom. The quantitative estimate of drug-likeness (QED) is 0.921. The van der Waals surface area contributed by atoms with E-state index in [9.17, 15) is 9.90 Å². The number of rotatable bonds is 4. The summed E-state index contributed by atoms with van der Waals surface area (Å²) in [6.07, 6.45) is 2.80. The Bertz CT molecular complexity index is 456. The van der Waals surface area contributed by atoms with Crippen molar-refractivity contribution >= 4 is 17.2 Å². The first-order valence-corrected chi connectivity index (χ1v) is 7.72. The molecule has 1 aliphatic rings. The van der Waals surface area contributed by atoms with Gasteiger partial charge in [0, 0.05) is 13.0 Å². The van der Waals surface area contributed by atoms with Crippen LogP contribution in [0.1, 0.15) is 47.1 Å². The normalized spacial score (nSPS) is 19.4. The first kappa shape index (κ1) is 14.5. The summed E-state index contributed by atoms with van der Waals surface area (Å²) in [7, 11) is 0. The molecule has 0 bridgehead atoms. The zero-order chi connectivity index (χ0) is 14.0. The van der Waals surface area contributed by atoms with Crippen molar-refractivity contribution in [3.8, 4) is 0 Å². The molecule has 1 atom stereocenters. The van der Waals surface area contributed by atoms with Gasteiger partial charge in [-0.3, -0.25) is 4.79 Å². The van der Waals surface area contributed by atoms with Crippen molar-refractivity contribution in [3.05, 3.63) is 15.6 Å². The maximum absolute atomic E-state index is 12.5. The fraction of sp³-hybridized carbons (Fsp3) is 0.714. The first-order valence-electron chi connectivity index (χ1n) is 6.91. The highest BCUT2D eigenvalue weighted by Gasteiger charge is 2.30. The molecule has 1 fully saturated rings. The number of carbonyl (C=O) groups is 1. The van der Waals surface area contributed by atoms with E-state index in [0.717, 1.165) is 41.4 Å². The van der Waals surface area contributed by atoms with Gasteiger partial charge in [0.05, 0.1) is 23.4 Å². The van der Waals surface area contributed by atoms with Crippen molar-refractivity contribution in [1.29, 1.82) is 0 Å². The van der Waals surface area contributed by atoms with E-state index in [1.165, 1.54) is 11.3 Å². The second kappa shape index (κ2) is 6.01. The van der Waals surface area contributed by atoms with Crippen LogP contribution >= 0.6 is 11.3 Å². The van der Waals surface area contributed by atoms with Gasteiger partial charge >= 0.3 is 0 Å². The third-order valence-electron chi connectivity index (χ3n) is 3.47. The second-order valence-electron chi connectivity index (χ2n) is 5.60. The van der Waals surface area contributed by atoms with Crippen LogP contribution in [0, 0.1) is 12.8 Å². The highest BCUT2D eigenvalue weighted by Crippen LogP contribution is 2.26. The molecular weight excluding hydrogens is 260 g/mol. The topological polar surface area (TPSA) is 53.4 Å². The summed E-state index contributed by atoms with van der Waals surface area (Å²) in [5, 5.41) is 10.4. The first-order chi connectivity index (χ1) is 9.02. The highest BCUT2D eigenvalue weighted by atomic mass is 32.1. The largest absolute Gasteiger partial charge is 0.394 e.